The number of benzene rings is 2. The normalized spacial score (nSPS) is 12.5. The third-order valence-corrected chi connectivity index (χ3v) is 5.94. The molecule has 2 aromatic carbocycles. The first-order chi connectivity index (χ1) is 13.1. The van der Waals surface area contributed by atoms with Crippen molar-refractivity contribution in [3.8, 4) is 0 Å². The van der Waals surface area contributed by atoms with Crippen molar-refractivity contribution in [1.82, 2.24) is 5.32 Å². The Morgan fingerprint density at radius 3 is 2.39 bits per heavy atom. The lowest BCUT2D eigenvalue weighted by atomic mass is 10.1. The summed E-state index contributed by atoms with van der Waals surface area (Å²) in [6, 6.07) is 13.1. The first-order valence-electron chi connectivity index (χ1n) is 9.49. The van der Waals surface area contributed by atoms with Gasteiger partial charge in [0.25, 0.3) is 0 Å². The van der Waals surface area contributed by atoms with E-state index in [1.165, 1.54) is 15.4 Å². The molecule has 0 bridgehead atoms. The molecule has 2 aromatic rings. The molecule has 5 nitrogen and oxygen atoms in total. The van der Waals surface area contributed by atoms with E-state index in [9.17, 15) is 13.2 Å². The Hall–Kier alpha value is -2.34. The SMILES string of the molecule is Cc1cccc(CCCNC(=O)[C@@H](C)N(c2cc(C)ccc2C)S(C)(=O)=O)c1. The zero-order chi connectivity index (χ0) is 20.9. The second kappa shape index (κ2) is 9.24. The number of aryl methyl sites for hydroxylation is 4. The van der Waals surface area contributed by atoms with Crippen LogP contribution in [0.4, 0.5) is 5.69 Å². The summed E-state index contributed by atoms with van der Waals surface area (Å²) in [5.41, 5.74) is 4.75. The third-order valence-electron chi connectivity index (χ3n) is 4.71. The maximum Gasteiger partial charge on any atom is 0.243 e. The van der Waals surface area contributed by atoms with Crippen LogP contribution in [0.25, 0.3) is 0 Å². The molecule has 6 heteroatoms. The average molecular weight is 403 g/mol. The number of rotatable bonds is 8. The lowest BCUT2D eigenvalue weighted by molar-refractivity contribution is -0.121. The van der Waals surface area contributed by atoms with Gasteiger partial charge in [-0.15, -0.1) is 0 Å². The van der Waals surface area contributed by atoms with Crippen LogP contribution < -0.4 is 9.62 Å². The monoisotopic (exact) mass is 402 g/mol. The number of nitrogens with zero attached hydrogens (tertiary/aromatic N) is 1. The molecule has 1 amide bonds. The first kappa shape index (κ1) is 22.0. The molecule has 0 spiro atoms. The number of carbonyl (C=O) groups is 1. The van der Waals surface area contributed by atoms with Gasteiger partial charge in [-0.2, -0.15) is 0 Å². The smallest absolute Gasteiger partial charge is 0.243 e. The van der Waals surface area contributed by atoms with Gasteiger partial charge in [0.2, 0.25) is 15.9 Å². The summed E-state index contributed by atoms with van der Waals surface area (Å²) in [6.07, 6.45) is 2.80. The number of hydrogen-bond acceptors (Lipinski definition) is 3. The quantitative estimate of drug-likeness (QED) is 0.687. The second-order valence-electron chi connectivity index (χ2n) is 7.41. The minimum Gasteiger partial charge on any atom is -0.354 e. The van der Waals surface area contributed by atoms with Crippen molar-refractivity contribution >= 4 is 21.6 Å². The molecule has 0 radical (unpaired) electrons. The van der Waals surface area contributed by atoms with Gasteiger partial charge in [-0.05, 0) is 63.3 Å². The largest absolute Gasteiger partial charge is 0.354 e. The lowest BCUT2D eigenvalue weighted by Gasteiger charge is -2.29. The summed E-state index contributed by atoms with van der Waals surface area (Å²) >= 11 is 0. The van der Waals surface area contributed by atoms with Gasteiger partial charge in [0, 0.05) is 6.54 Å². The molecule has 0 aliphatic rings. The van der Waals surface area contributed by atoms with Crippen LogP contribution in [0.2, 0.25) is 0 Å². The summed E-state index contributed by atoms with van der Waals surface area (Å²) in [5, 5.41) is 2.88. The van der Waals surface area contributed by atoms with E-state index in [-0.39, 0.29) is 5.91 Å². The van der Waals surface area contributed by atoms with Crippen LogP contribution in [0, 0.1) is 20.8 Å². The van der Waals surface area contributed by atoms with Gasteiger partial charge in [0.1, 0.15) is 6.04 Å². The molecule has 0 fully saturated rings. The number of hydrogen-bond donors (Lipinski definition) is 1. The van der Waals surface area contributed by atoms with Gasteiger partial charge in [0.05, 0.1) is 11.9 Å². The highest BCUT2D eigenvalue weighted by atomic mass is 32.2. The summed E-state index contributed by atoms with van der Waals surface area (Å²) in [7, 11) is -3.61. The Labute approximate surface area is 168 Å². The predicted molar refractivity (Wildman–Crippen MR) is 115 cm³/mol. The summed E-state index contributed by atoms with van der Waals surface area (Å²) in [4.78, 5) is 12.6. The van der Waals surface area contributed by atoms with Crippen molar-refractivity contribution in [1.29, 1.82) is 0 Å². The lowest BCUT2D eigenvalue weighted by Crippen LogP contribution is -2.48. The van der Waals surface area contributed by atoms with Crippen LogP contribution in [-0.2, 0) is 21.2 Å². The summed E-state index contributed by atoms with van der Waals surface area (Å²) in [5.74, 6) is -0.296. The molecule has 1 N–H and O–H groups in total. The Morgan fingerprint density at radius 1 is 1.07 bits per heavy atom. The highest BCUT2D eigenvalue weighted by Crippen LogP contribution is 2.26. The van der Waals surface area contributed by atoms with Crippen molar-refractivity contribution in [2.75, 3.05) is 17.1 Å². The Bertz CT molecular complexity index is 939. The Morgan fingerprint density at radius 2 is 1.75 bits per heavy atom. The zero-order valence-electron chi connectivity index (χ0n) is 17.3. The fraction of sp³-hybridized carbons (Fsp3) is 0.409. The third kappa shape index (κ3) is 5.83. The molecule has 0 saturated carbocycles. The minimum absolute atomic E-state index is 0.296. The minimum atomic E-state index is -3.61. The van der Waals surface area contributed by atoms with E-state index in [0.717, 1.165) is 30.2 Å². The molecule has 0 unspecified atom stereocenters. The topological polar surface area (TPSA) is 66.5 Å². The van der Waals surface area contributed by atoms with Crippen LogP contribution >= 0.6 is 0 Å². The Balaban J connectivity index is 2.04. The highest BCUT2D eigenvalue weighted by Gasteiger charge is 2.29. The Kier molecular flexibility index (Phi) is 7.24. The van der Waals surface area contributed by atoms with Gasteiger partial charge >= 0.3 is 0 Å². The summed E-state index contributed by atoms with van der Waals surface area (Å²) in [6.45, 7) is 7.93. The molecular weight excluding hydrogens is 372 g/mol. The van der Waals surface area contributed by atoms with E-state index < -0.39 is 16.1 Å². The van der Waals surface area contributed by atoms with Gasteiger partial charge in [-0.25, -0.2) is 8.42 Å². The van der Waals surface area contributed by atoms with Gasteiger partial charge in [-0.3, -0.25) is 9.10 Å². The van der Waals surface area contributed by atoms with Crippen LogP contribution in [-0.4, -0.2) is 33.2 Å². The molecule has 0 aliphatic carbocycles. The number of anilines is 1. The highest BCUT2D eigenvalue weighted by molar-refractivity contribution is 7.92. The van der Waals surface area contributed by atoms with Gasteiger partial charge in [0.15, 0.2) is 0 Å². The van der Waals surface area contributed by atoms with Crippen LogP contribution in [0.3, 0.4) is 0 Å². The molecule has 0 aromatic heterocycles. The standard InChI is InChI=1S/C22H30N2O3S/c1-16-8-6-9-20(14-16)10-7-13-23-22(25)19(4)24(28(5,26)27)21-15-17(2)11-12-18(21)3/h6,8-9,11-12,14-15,19H,7,10,13H2,1-5H3,(H,23,25)/t19-/m1/s1. The molecule has 1 atom stereocenters. The van der Waals surface area contributed by atoms with Gasteiger partial charge < -0.3 is 5.32 Å². The van der Waals surface area contributed by atoms with Crippen LogP contribution in [0.5, 0.6) is 0 Å². The van der Waals surface area contributed by atoms with Gasteiger partial charge in [-0.1, -0.05) is 42.0 Å². The van der Waals surface area contributed by atoms with E-state index in [0.29, 0.717) is 12.2 Å². The van der Waals surface area contributed by atoms with Crippen LogP contribution in [0.15, 0.2) is 42.5 Å². The maximum absolute atomic E-state index is 12.6. The number of nitrogens with one attached hydrogen (secondary N) is 1. The fourth-order valence-corrected chi connectivity index (χ4v) is 4.48. The van der Waals surface area contributed by atoms with Crippen molar-refractivity contribution in [3.63, 3.8) is 0 Å². The van der Waals surface area contributed by atoms with Crippen molar-refractivity contribution in [2.45, 2.75) is 46.6 Å². The molecule has 0 aliphatic heterocycles. The van der Waals surface area contributed by atoms with Crippen molar-refractivity contribution in [3.05, 3.63) is 64.7 Å². The molecule has 2 rings (SSSR count). The van der Waals surface area contributed by atoms with E-state index in [2.05, 4.69) is 30.4 Å². The second-order valence-corrected chi connectivity index (χ2v) is 9.27. The molecule has 152 valence electrons. The van der Waals surface area contributed by atoms with E-state index in [1.807, 2.05) is 32.0 Å². The fourth-order valence-electron chi connectivity index (χ4n) is 3.26. The average Bonchev–Trinajstić information content (AvgIpc) is 2.60. The summed E-state index contributed by atoms with van der Waals surface area (Å²) < 4.78 is 26.1. The van der Waals surface area contributed by atoms with Crippen molar-refractivity contribution in [2.24, 2.45) is 0 Å². The van der Waals surface area contributed by atoms with E-state index >= 15 is 0 Å². The van der Waals surface area contributed by atoms with Crippen molar-refractivity contribution < 1.29 is 13.2 Å². The van der Waals surface area contributed by atoms with E-state index in [1.54, 1.807) is 13.0 Å². The molecular formula is C22H30N2O3S. The van der Waals surface area contributed by atoms with Crippen LogP contribution in [0.1, 0.15) is 35.6 Å². The number of carbonyl (C=O) groups excluding carboxylic acids is 1. The predicted octanol–water partition coefficient (Wildman–Crippen LogP) is 3.52. The molecule has 0 saturated heterocycles. The number of sulfonamides is 1. The molecule has 0 heterocycles. The maximum atomic E-state index is 12.6. The van der Waals surface area contributed by atoms with E-state index in [4.69, 9.17) is 0 Å². The number of amides is 1. The zero-order valence-corrected chi connectivity index (χ0v) is 18.1. The molecule has 28 heavy (non-hydrogen) atoms. The first-order valence-corrected chi connectivity index (χ1v) is 11.3.